The molecule has 3 rings (SSSR count). The number of aromatic nitrogens is 3. The minimum Gasteiger partial charge on any atom is -0.261 e. The molecule has 7 nitrogen and oxygen atoms in total. The topological polar surface area (TPSA) is 89.2 Å². The van der Waals surface area contributed by atoms with Gasteiger partial charge in [-0.05, 0) is 25.5 Å². The van der Waals surface area contributed by atoms with Crippen LogP contribution in [0, 0.1) is 6.92 Å². The van der Waals surface area contributed by atoms with Crippen LogP contribution in [0.25, 0.3) is 0 Å². The van der Waals surface area contributed by atoms with Gasteiger partial charge in [-0.25, -0.2) is 18.1 Å². The monoisotopic (exact) mass is 353 g/mol. The number of nitrogens with zero attached hydrogens (tertiary/aromatic N) is 4. The summed E-state index contributed by atoms with van der Waals surface area (Å²) in [6, 6.07) is 5.24. The molecule has 1 fully saturated rings. The molecule has 2 aromatic heterocycles. The Kier molecular flexibility index (Phi) is 4.36. The van der Waals surface area contributed by atoms with Gasteiger partial charge in [-0.1, -0.05) is 17.7 Å². The lowest BCUT2D eigenvalue weighted by Gasteiger charge is -2.09. The zero-order chi connectivity index (χ0) is 16.4. The average molecular weight is 354 g/mol. The SMILES string of the molecule is Cc1nn([C@@H]2CCS(=O)(=O)C2)c(Cl)c1/C=N\Nc1ccccn1. The minimum absolute atomic E-state index is 0.0800. The number of rotatable bonds is 4. The lowest BCUT2D eigenvalue weighted by molar-refractivity contribution is 0.497. The highest BCUT2D eigenvalue weighted by molar-refractivity contribution is 7.91. The minimum atomic E-state index is -2.99. The highest BCUT2D eigenvalue weighted by Crippen LogP contribution is 2.29. The van der Waals surface area contributed by atoms with Crippen LogP contribution in [0.2, 0.25) is 5.15 Å². The maximum absolute atomic E-state index is 11.6. The first-order valence-corrected chi connectivity index (χ1v) is 9.31. The summed E-state index contributed by atoms with van der Waals surface area (Å²) in [6.07, 6.45) is 3.76. The zero-order valence-corrected chi connectivity index (χ0v) is 14.0. The molecule has 0 unspecified atom stereocenters. The van der Waals surface area contributed by atoms with Crippen molar-refractivity contribution < 1.29 is 8.42 Å². The maximum Gasteiger partial charge on any atom is 0.152 e. The molecule has 0 aromatic carbocycles. The first-order valence-electron chi connectivity index (χ1n) is 7.11. The van der Waals surface area contributed by atoms with Crippen molar-refractivity contribution in [3.63, 3.8) is 0 Å². The van der Waals surface area contributed by atoms with Gasteiger partial charge in [-0.3, -0.25) is 5.43 Å². The Morgan fingerprint density at radius 2 is 2.30 bits per heavy atom. The Morgan fingerprint density at radius 3 is 2.96 bits per heavy atom. The summed E-state index contributed by atoms with van der Waals surface area (Å²) in [6.45, 7) is 1.81. The molecule has 122 valence electrons. The van der Waals surface area contributed by atoms with Gasteiger partial charge >= 0.3 is 0 Å². The van der Waals surface area contributed by atoms with E-state index in [1.54, 1.807) is 23.2 Å². The summed E-state index contributed by atoms with van der Waals surface area (Å²) in [5.74, 6) is 0.876. The third-order valence-electron chi connectivity index (χ3n) is 3.66. The van der Waals surface area contributed by atoms with E-state index in [2.05, 4.69) is 20.6 Å². The first-order chi connectivity index (χ1) is 11.0. The average Bonchev–Trinajstić information content (AvgIpc) is 3.01. The van der Waals surface area contributed by atoms with Gasteiger partial charge in [0.2, 0.25) is 0 Å². The predicted molar refractivity (Wildman–Crippen MR) is 89.7 cm³/mol. The van der Waals surface area contributed by atoms with E-state index in [4.69, 9.17) is 11.6 Å². The van der Waals surface area contributed by atoms with Gasteiger partial charge < -0.3 is 0 Å². The van der Waals surface area contributed by atoms with Crippen LogP contribution in [0.1, 0.15) is 23.7 Å². The smallest absolute Gasteiger partial charge is 0.152 e. The fraction of sp³-hybridized carbons (Fsp3) is 0.357. The van der Waals surface area contributed by atoms with E-state index >= 15 is 0 Å². The Hall–Kier alpha value is -1.93. The number of aryl methyl sites for hydroxylation is 1. The van der Waals surface area contributed by atoms with Crippen molar-refractivity contribution >= 4 is 33.5 Å². The molecule has 0 aliphatic carbocycles. The number of hydrogen-bond acceptors (Lipinski definition) is 6. The second-order valence-corrected chi connectivity index (χ2v) is 7.96. The van der Waals surface area contributed by atoms with E-state index in [1.807, 2.05) is 19.1 Å². The number of nitrogens with one attached hydrogen (secondary N) is 1. The van der Waals surface area contributed by atoms with Crippen molar-refractivity contribution in [2.75, 3.05) is 16.9 Å². The summed E-state index contributed by atoms with van der Waals surface area (Å²) >= 11 is 6.36. The highest BCUT2D eigenvalue weighted by Gasteiger charge is 2.31. The number of anilines is 1. The molecule has 1 atom stereocenters. The lowest BCUT2D eigenvalue weighted by Crippen LogP contribution is -2.12. The van der Waals surface area contributed by atoms with E-state index in [9.17, 15) is 8.42 Å². The van der Waals surface area contributed by atoms with E-state index in [0.717, 1.165) is 0 Å². The van der Waals surface area contributed by atoms with Gasteiger partial charge in [0.1, 0.15) is 11.0 Å². The molecule has 0 radical (unpaired) electrons. The van der Waals surface area contributed by atoms with Gasteiger partial charge in [-0.2, -0.15) is 10.2 Å². The van der Waals surface area contributed by atoms with Gasteiger partial charge in [0, 0.05) is 6.20 Å². The van der Waals surface area contributed by atoms with Crippen LogP contribution in [-0.4, -0.2) is 40.9 Å². The van der Waals surface area contributed by atoms with Gasteiger partial charge in [0.15, 0.2) is 9.84 Å². The van der Waals surface area contributed by atoms with Crippen LogP contribution in [0.5, 0.6) is 0 Å². The van der Waals surface area contributed by atoms with Crippen LogP contribution in [0.3, 0.4) is 0 Å². The molecule has 1 N–H and O–H groups in total. The quantitative estimate of drug-likeness (QED) is 0.671. The third kappa shape index (κ3) is 3.53. The molecule has 23 heavy (non-hydrogen) atoms. The highest BCUT2D eigenvalue weighted by atomic mass is 35.5. The third-order valence-corrected chi connectivity index (χ3v) is 5.79. The standard InChI is InChI=1S/C14H16ClN5O2S/c1-10-12(8-17-18-13-4-2-3-6-16-13)14(15)20(19-10)11-5-7-23(21,22)9-11/h2-4,6,8,11H,5,7,9H2,1H3,(H,16,18)/b17-8-/t11-/m1/s1. The second kappa shape index (κ2) is 6.29. The molecular weight excluding hydrogens is 338 g/mol. The van der Waals surface area contributed by atoms with Crippen LogP contribution < -0.4 is 5.43 Å². The fourth-order valence-electron chi connectivity index (χ4n) is 2.48. The maximum atomic E-state index is 11.6. The number of sulfone groups is 1. The molecule has 2 aromatic rings. The molecule has 0 bridgehead atoms. The number of pyridine rings is 1. The molecule has 0 amide bonds. The summed E-state index contributed by atoms with van der Waals surface area (Å²) in [7, 11) is -2.99. The van der Waals surface area contributed by atoms with Crippen LogP contribution in [0.15, 0.2) is 29.5 Å². The van der Waals surface area contributed by atoms with E-state index in [-0.39, 0.29) is 17.5 Å². The van der Waals surface area contributed by atoms with Crippen LogP contribution in [-0.2, 0) is 9.84 Å². The molecule has 9 heteroatoms. The summed E-state index contributed by atoms with van der Waals surface area (Å²) < 4.78 is 24.8. The Morgan fingerprint density at radius 1 is 1.48 bits per heavy atom. The molecule has 1 saturated heterocycles. The summed E-state index contributed by atoms with van der Waals surface area (Å²) in [4.78, 5) is 4.09. The number of halogens is 1. The van der Waals surface area contributed by atoms with Crippen molar-refractivity contribution in [3.8, 4) is 0 Å². The largest absolute Gasteiger partial charge is 0.261 e. The summed E-state index contributed by atoms with van der Waals surface area (Å²) in [5.41, 5.74) is 4.17. The molecule has 1 aliphatic rings. The molecule has 3 heterocycles. The number of hydrazone groups is 1. The summed E-state index contributed by atoms with van der Waals surface area (Å²) in [5, 5.41) is 8.88. The van der Waals surface area contributed by atoms with E-state index in [0.29, 0.717) is 28.6 Å². The molecule has 0 saturated carbocycles. The van der Waals surface area contributed by atoms with Crippen LogP contribution in [0.4, 0.5) is 5.82 Å². The van der Waals surface area contributed by atoms with E-state index in [1.165, 1.54) is 0 Å². The van der Waals surface area contributed by atoms with Gasteiger partial charge in [0.25, 0.3) is 0 Å². The molecule has 1 aliphatic heterocycles. The van der Waals surface area contributed by atoms with Crippen molar-refractivity contribution in [2.24, 2.45) is 5.10 Å². The first kappa shape index (κ1) is 15.9. The second-order valence-electron chi connectivity index (χ2n) is 5.38. The Balaban J connectivity index is 1.78. The van der Waals surface area contributed by atoms with Crippen molar-refractivity contribution in [1.82, 2.24) is 14.8 Å². The van der Waals surface area contributed by atoms with Crippen molar-refractivity contribution in [2.45, 2.75) is 19.4 Å². The zero-order valence-electron chi connectivity index (χ0n) is 12.5. The lowest BCUT2D eigenvalue weighted by atomic mass is 10.2. The normalized spacial score (nSPS) is 20.2. The predicted octanol–water partition coefficient (Wildman–Crippen LogP) is 2.05. The van der Waals surface area contributed by atoms with Gasteiger partial charge in [-0.15, -0.1) is 0 Å². The molecule has 0 spiro atoms. The van der Waals surface area contributed by atoms with Crippen molar-refractivity contribution in [3.05, 3.63) is 40.8 Å². The van der Waals surface area contributed by atoms with Gasteiger partial charge in [0.05, 0.1) is 35.0 Å². The Labute approximate surface area is 139 Å². The van der Waals surface area contributed by atoms with E-state index < -0.39 is 9.84 Å². The molecular formula is C14H16ClN5O2S. The fourth-order valence-corrected chi connectivity index (χ4v) is 4.53. The van der Waals surface area contributed by atoms with Crippen LogP contribution >= 0.6 is 11.6 Å². The Bertz CT molecular complexity index is 832. The number of hydrogen-bond donors (Lipinski definition) is 1. The van der Waals surface area contributed by atoms with Crippen molar-refractivity contribution in [1.29, 1.82) is 0 Å².